The third-order valence-corrected chi connectivity index (χ3v) is 2.46. The van der Waals surface area contributed by atoms with Crippen LogP contribution in [-0.2, 0) is 6.54 Å². The fourth-order valence-corrected chi connectivity index (χ4v) is 1.52. The zero-order valence-corrected chi connectivity index (χ0v) is 8.60. The zero-order chi connectivity index (χ0) is 8.97. The van der Waals surface area contributed by atoms with Gasteiger partial charge in [-0.2, -0.15) is 0 Å². The topological polar surface area (TPSA) is 35.2 Å². The van der Waals surface area contributed by atoms with Crippen molar-refractivity contribution in [2.45, 2.75) is 13.5 Å². The first-order valence-electron chi connectivity index (χ1n) is 3.89. The molecule has 0 amide bonds. The minimum Gasteiger partial charge on any atom is -0.493 e. The van der Waals surface area contributed by atoms with E-state index in [4.69, 9.17) is 10.5 Å². The Kier molecular flexibility index (Phi) is 3.56. The van der Waals surface area contributed by atoms with E-state index in [1.807, 2.05) is 25.1 Å². The summed E-state index contributed by atoms with van der Waals surface area (Å²) in [5.41, 5.74) is 6.60. The van der Waals surface area contributed by atoms with Crippen LogP contribution >= 0.6 is 15.9 Å². The van der Waals surface area contributed by atoms with Crippen LogP contribution in [-0.4, -0.2) is 6.61 Å². The van der Waals surface area contributed by atoms with E-state index in [1.54, 1.807) is 0 Å². The third kappa shape index (κ3) is 1.99. The van der Waals surface area contributed by atoms with Gasteiger partial charge in [0.15, 0.2) is 0 Å². The van der Waals surface area contributed by atoms with Crippen LogP contribution < -0.4 is 10.5 Å². The maximum atomic E-state index is 5.53. The Hall–Kier alpha value is -0.540. The molecule has 3 heteroatoms. The molecule has 0 unspecified atom stereocenters. The highest BCUT2D eigenvalue weighted by Crippen LogP contribution is 2.28. The second kappa shape index (κ2) is 4.48. The molecule has 0 spiro atoms. The summed E-state index contributed by atoms with van der Waals surface area (Å²) in [6.07, 6.45) is 0. The smallest absolute Gasteiger partial charge is 0.133 e. The van der Waals surface area contributed by atoms with Gasteiger partial charge in [0.25, 0.3) is 0 Å². The fourth-order valence-electron chi connectivity index (χ4n) is 0.981. The van der Waals surface area contributed by atoms with E-state index in [0.717, 1.165) is 15.8 Å². The fraction of sp³-hybridized carbons (Fsp3) is 0.333. The zero-order valence-electron chi connectivity index (χ0n) is 7.01. The maximum Gasteiger partial charge on any atom is 0.133 e. The normalized spacial score (nSPS) is 9.92. The van der Waals surface area contributed by atoms with Gasteiger partial charge in [-0.25, -0.2) is 0 Å². The Morgan fingerprint density at radius 2 is 2.25 bits per heavy atom. The first-order chi connectivity index (χ1) is 5.79. The van der Waals surface area contributed by atoms with Crippen LogP contribution in [0.3, 0.4) is 0 Å². The SMILES string of the molecule is CCOc1cccc(CN)c1Br. The monoisotopic (exact) mass is 229 g/mol. The van der Waals surface area contributed by atoms with Crippen LogP contribution in [0, 0.1) is 0 Å². The second-order valence-corrected chi connectivity index (χ2v) is 3.16. The molecule has 1 aromatic carbocycles. The van der Waals surface area contributed by atoms with Crippen LogP contribution in [0.5, 0.6) is 5.75 Å². The summed E-state index contributed by atoms with van der Waals surface area (Å²) in [4.78, 5) is 0. The van der Waals surface area contributed by atoms with E-state index in [9.17, 15) is 0 Å². The predicted molar refractivity (Wildman–Crippen MR) is 53.2 cm³/mol. The highest BCUT2D eigenvalue weighted by atomic mass is 79.9. The molecule has 1 rings (SSSR count). The van der Waals surface area contributed by atoms with Crippen molar-refractivity contribution in [1.82, 2.24) is 0 Å². The molecule has 0 aliphatic carbocycles. The Balaban J connectivity index is 2.97. The molecule has 0 radical (unpaired) electrons. The number of halogens is 1. The van der Waals surface area contributed by atoms with Crippen LogP contribution in [0.2, 0.25) is 0 Å². The molecule has 0 fully saturated rings. The Bertz CT molecular complexity index is 263. The van der Waals surface area contributed by atoms with E-state index in [1.165, 1.54) is 0 Å². The third-order valence-electron chi connectivity index (χ3n) is 1.56. The van der Waals surface area contributed by atoms with Gasteiger partial charge >= 0.3 is 0 Å². The molecule has 0 heterocycles. The minimum atomic E-state index is 0.529. The molecule has 0 bridgehead atoms. The van der Waals surface area contributed by atoms with E-state index >= 15 is 0 Å². The van der Waals surface area contributed by atoms with E-state index < -0.39 is 0 Å². The quantitative estimate of drug-likeness (QED) is 0.864. The average Bonchev–Trinajstić information content (AvgIpc) is 2.09. The number of rotatable bonds is 3. The summed E-state index contributed by atoms with van der Waals surface area (Å²) in [6.45, 7) is 3.16. The maximum absolute atomic E-state index is 5.53. The first kappa shape index (κ1) is 9.55. The molecule has 2 nitrogen and oxygen atoms in total. The highest BCUT2D eigenvalue weighted by Gasteiger charge is 2.03. The molecule has 2 N–H and O–H groups in total. The van der Waals surface area contributed by atoms with Crippen molar-refractivity contribution >= 4 is 15.9 Å². The molecule has 0 atom stereocenters. The largest absolute Gasteiger partial charge is 0.493 e. The Morgan fingerprint density at radius 1 is 1.50 bits per heavy atom. The number of ether oxygens (including phenoxy) is 1. The van der Waals surface area contributed by atoms with Crippen molar-refractivity contribution in [3.8, 4) is 5.75 Å². The lowest BCUT2D eigenvalue weighted by molar-refractivity contribution is 0.337. The van der Waals surface area contributed by atoms with Crippen molar-refractivity contribution in [2.75, 3.05) is 6.61 Å². The molecule has 0 saturated heterocycles. The standard InChI is InChI=1S/C9H12BrNO/c1-2-12-8-5-3-4-7(6-11)9(8)10/h3-5H,2,6,11H2,1H3. The van der Waals surface area contributed by atoms with Gasteiger partial charge in [-0.15, -0.1) is 0 Å². The summed E-state index contributed by atoms with van der Waals surface area (Å²) in [7, 11) is 0. The summed E-state index contributed by atoms with van der Waals surface area (Å²) < 4.78 is 6.34. The van der Waals surface area contributed by atoms with Gasteiger partial charge in [0.2, 0.25) is 0 Å². The van der Waals surface area contributed by atoms with Gasteiger partial charge in [0.05, 0.1) is 11.1 Å². The summed E-state index contributed by atoms with van der Waals surface area (Å²) >= 11 is 3.44. The summed E-state index contributed by atoms with van der Waals surface area (Å²) in [5.74, 6) is 0.862. The number of hydrogen-bond acceptors (Lipinski definition) is 2. The molecule has 1 aromatic rings. The van der Waals surface area contributed by atoms with Crippen LogP contribution in [0.1, 0.15) is 12.5 Å². The van der Waals surface area contributed by atoms with Crippen molar-refractivity contribution in [3.63, 3.8) is 0 Å². The molecule has 66 valence electrons. The summed E-state index contributed by atoms with van der Waals surface area (Å²) in [6, 6.07) is 5.84. The Labute approximate surface area is 80.8 Å². The molecule has 0 aromatic heterocycles. The summed E-state index contributed by atoms with van der Waals surface area (Å²) in [5, 5.41) is 0. The van der Waals surface area contributed by atoms with E-state index in [0.29, 0.717) is 13.2 Å². The highest BCUT2D eigenvalue weighted by molar-refractivity contribution is 9.10. The van der Waals surface area contributed by atoms with Crippen LogP contribution in [0.15, 0.2) is 22.7 Å². The van der Waals surface area contributed by atoms with Gasteiger partial charge < -0.3 is 10.5 Å². The van der Waals surface area contributed by atoms with Gasteiger partial charge in [-0.1, -0.05) is 12.1 Å². The Morgan fingerprint density at radius 3 is 2.83 bits per heavy atom. The first-order valence-corrected chi connectivity index (χ1v) is 4.69. The van der Waals surface area contributed by atoms with Gasteiger partial charge in [0.1, 0.15) is 5.75 Å². The molecule has 12 heavy (non-hydrogen) atoms. The van der Waals surface area contributed by atoms with Crippen molar-refractivity contribution < 1.29 is 4.74 Å². The van der Waals surface area contributed by atoms with Gasteiger partial charge in [-0.05, 0) is 34.5 Å². The molecular weight excluding hydrogens is 218 g/mol. The van der Waals surface area contributed by atoms with Crippen LogP contribution in [0.25, 0.3) is 0 Å². The van der Waals surface area contributed by atoms with E-state index in [-0.39, 0.29) is 0 Å². The molecule has 0 saturated carbocycles. The molecule has 0 aliphatic rings. The molecular formula is C9H12BrNO. The minimum absolute atomic E-state index is 0.529. The number of nitrogens with two attached hydrogens (primary N) is 1. The van der Waals surface area contributed by atoms with E-state index in [2.05, 4.69) is 15.9 Å². The van der Waals surface area contributed by atoms with Gasteiger partial charge in [0, 0.05) is 6.54 Å². The van der Waals surface area contributed by atoms with Crippen molar-refractivity contribution in [1.29, 1.82) is 0 Å². The van der Waals surface area contributed by atoms with Crippen LogP contribution in [0.4, 0.5) is 0 Å². The number of hydrogen-bond donors (Lipinski definition) is 1. The van der Waals surface area contributed by atoms with Crippen molar-refractivity contribution in [3.05, 3.63) is 28.2 Å². The lowest BCUT2D eigenvalue weighted by atomic mass is 10.2. The van der Waals surface area contributed by atoms with Gasteiger partial charge in [-0.3, -0.25) is 0 Å². The number of benzene rings is 1. The van der Waals surface area contributed by atoms with Crippen molar-refractivity contribution in [2.24, 2.45) is 5.73 Å². The lowest BCUT2D eigenvalue weighted by Crippen LogP contribution is -1.99. The average molecular weight is 230 g/mol. The second-order valence-electron chi connectivity index (χ2n) is 2.37. The predicted octanol–water partition coefficient (Wildman–Crippen LogP) is 2.31. The molecule has 0 aliphatic heterocycles. The lowest BCUT2D eigenvalue weighted by Gasteiger charge is -2.08.